The van der Waals surface area contributed by atoms with Crippen LogP contribution >= 0.6 is 0 Å². The van der Waals surface area contributed by atoms with Crippen LogP contribution in [0.1, 0.15) is 50.9 Å². The summed E-state index contributed by atoms with van der Waals surface area (Å²) in [5.41, 5.74) is 3.22. The Morgan fingerprint density at radius 1 is 1.06 bits per heavy atom. The Labute approximate surface area is 186 Å². The first-order chi connectivity index (χ1) is 15.5. The van der Waals surface area contributed by atoms with E-state index in [0.29, 0.717) is 11.3 Å². The molecule has 1 atom stereocenters. The molecular weight excluding hydrogens is 408 g/mol. The first kappa shape index (κ1) is 21.4. The highest BCUT2D eigenvalue weighted by Crippen LogP contribution is 2.33. The molecule has 0 saturated carbocycles. The lowest BCUT2D eigenvalue weighted by atomic mass is 9.87. The fourth-order valence-corrected chi connectivity index (χ4v) is 3.91. The van der Waals surface area contributed by atoms with E-state index in [1.54, 1.807) is 36.2 Å². The number of benzene rings is 2. The van der Waals surface area contributed by atoms with Gasteiger partial charge in [0.1, 0.15) is 0 Å². The summed E-state index contributed by atoms with van der Waals surface area (Å²) in [5.74, 6) is -1.04. The molecule has 0 fully saturated rings. The molecule has 0 saturated heterocycles. The van der Waals surface area contributed by atoms with Crippen LogP contribution in [0.2, 0.25) is 0 Å². The third-order valence-corrected chi connectivity index (χ3v) is 5.65. The largest absolute Gasteiger partial charge is 0.459 e. The Morgan fingerprint density at radius 2 is 1.84 bits per heavy atom. The van der Waals surface area contributed by atoms with Gasteiger partial charge in [0.2, 0.25) is 0 Å². The molecular formula is C25H24N2O5. The molecule has 1 heterocycles. The van der Waals surface area contributed by atoms with Crippen LogP contribution in [-0.2, 0) is 16.0 Å². The van der Waals surface area contributed by atoms with Crippen LogP contribution in [-0.4, -0.2) is 36.3 Å². The topological polar surface area (TPSA) is 88.9 Å². The Balaban J connectivity index is 1.31. The average molecular weight is 432 g/mol. The van der Waals surface area contributed by atoms with E-state index in [2.05, 4.69) is 17.4 Å². The van der Waals surface area contributed by atoms with Gasteiger partial charge >= 0.3 is 5.97 Å². The molecule has 1 aromatic heterocycles. The minimum atomic E-state index is -0.597. The molecule has 1 N–H and O–H groups in total. The third-order valence-electron chi connectivity index (χ3n) is 5.65. The minimum Gasteiger partial charge on any atom is -0.459 e. The van der Waals surface area contributed by atoms with E-state index in [4.69, 9.17) is 9.15 Å². The number of furan rings is 1. The molecule has 0 aliphatic heterocycles. The SMILES string of the molecule is CN(C(=O)COC(=O)c1ccc(NC(=O)c2ccco2)cc1)C1CCCc2ccccc21. The number of esters is 1. The fourth-order valence-electron chi connectivity index (χ4n) is 3.91. The van der Waals surface area contributed by atoms with Crippen molar-refractivity contribution in [1.82, 2.24) is 4.90 Å². The highest BCUT2D eigenvalue weighted by atomic mass is 16.5. The lowest BCUT2D eigenvalue weighted by molar-refractivity contribution is -0.135. The van der Waals surface area contributed by atoms with Crippen LogP contribution in [0.15, 0.2) is 71.3 Å². The number of aryl methyl sites for hydroxylation is 1. The summed E-state index contributed by atoms with van der Waals surface area (Å²) in [6, 6.07) is 17.6. The molecule has 1 aliphatic rings. The molecule has 164 valence electrons. The average Bonchev–Trinajstić information content (AvgIpc) is 3.37. The Kier molecular flexibility index (Phi) is 6.35. The predicted molar refractivity (Wildman–Crippen MR) is 118 cm³/mol. The van der Waals surface area contributed by atoms with Gasteiger partial charge in [-0.15, -0.1) is 0 Å². The smallest absolute Gasteiger partial charge is 0.338 e. The molecule has 7 heteroatoms. The van der Waals surface area contributed by atoms with Crippen molar-refractivity contribution in [3.05, 3.63) is 89.4 Å². The number of carbonyl (C=O) groups is 3. The van der Waals surface area contributed by atoms with Gasteiger partial charge in [-0.05, 0) is 66.8 Å². The minimum absolute atomic E-state index is 0.0109. The normalized spacial score (nSPS) is 14.8. The number of likely N-dealkylation sites (N-methyl/N-ethyl adjacent to an activating group) is 1. The van der Waals surface area contributed by atoms with Crippen LogP contribution in [0.5, 0.6) is 0 Å². The van der Waals surface area contributed by atoms with Gasteiger partial charge in [0.15, 0.2) is 12.4 Å². The van der Waals surface area contributed by atoms with Gasteiger partial charge in [0.25, 0.3) is 11.8 Å². The van der Waals surface area contributed by atoms with E-state index in [-0.39, 0.29) is 30.2 Å². The van der Waals surface area contributed by atoms with Gasteiger partial charge in [-0.25, -0.2) is 4.79 Å². The number of rotatable bonds is 6. The van der Waals surface area contributed by atoms with E-state index in [1.165, 1.54) is 24.0 Å². The van der Waals surface area contributed by atoms with Gasteiger partial charge in [0.05, 0.1) is 17.9 Å². The number of ether oxygens (including phenoxy) is 1. The number of anilines is 1. The molecule has 7 nitrogen and oxygen atoms in total. The second kappa shape index (κ2) is 9.51. The van der Waals surface area contributed by atoms with E-state index >= 15 is 0 Å². The molecule has 0 bridgehead atoms. The zero-order chi connectivity index (χ0) is 22.5. The van der Waals surface area contributed by atoms with Crippen LogP contribution in [0.4, 0.5) is 5.69 Å². The zero-order valence-corrected chi connectivity index (χ0v) is 17.7. The number of hydrogen-bond donors (Lipinski definition) is 1. The maximum atomic E-state index is 12.7. The maximum Gasteiger partial charge on any atom is 0.338 e. The van der Waals surface area contributed by atoms with Crippen LogP contribution in [0.25, 0.3) is 0 Å². The lowest BCUT2D eigenvalue weighted by Gasteiger charge is -2.33. The van der Waals surface area contributed by atoms with Crippen molar-refractivity contribution in [1.29, 1.82) is 0 Å². The van der Waals surface area contributed by atoms with Crippen molar-refractivity contribution in [3.8, 4) is 0 Å². The van der Waals surface area contributed by atoms with E-state index in [9.17, 15) is 14.4 Å². The Bertz CT molecular complexity index is 1110. The molecule has 0 spiro atoms. The number of hydrogen-bond acceptors (Lipinski definition) is 5. The first-order valence-electron chi connectivity index (χ1n) is 10.5. The van der Waals surface area contributed by atoms with E-state index < -0.39 is 5.97 Å². The highest BCUT2D eigenvalue weighted by molar-refractivity contribution is 6.02. The monoisotopic (exact) mass is 432 g/mol. The second-order valence-electron chi connectivity index (χ2n) is 7.70. The number of nitrogens with one attached hydrogen (secondary N) is 1. The zero-order valence-electron chi connectivity index (χ0n) is 17.7. The van der Waals surface area contributed by atoms with Crippen LogP contribution in [0, 0.1) is 0 Å². The van der Waals surface area contributed by atoms with Crippen LogP contribution in [0.3, 0.4) is 0 Å². The van der Waals surface area contributed by atoms with Gasteiger partial charge in [-0.3, -0.25) is 9.59 Å². The van der Waals surface area contributed by atoms with E-state index in [0.717, 1.165) is 24.8 Å². The predicted octanol–water partition coefficient (Wildman–Crippen LogP) is 4.22. The molecule has 3 aromatic rings. The van der Waals surface area contributed by atoms with Crippen molar-refractivity contribution in [3.63, 3.8) is 0 Å². The summed E-state index contributed by atoms with van der Waals surface area (Å²) < 4.78 is 10.3. The van der Waals surface area contributed by atoms with E-state index in [1.807, 2.05) is 12.1 Å². The van der Waals surface area contributed by atoms with Crippen molar-refractivity contribution in [2.75, 3.05) is 19.0 Å². The third kappa shape index (κ3) is 4.72. The lowest BCUT2D eigenvalue weighted by Crippen LogP contribution is -2.36. The van der Waals surface area contributed by atoms with Crippen molar-refractivity contribution >= 4 is 23.5 Å². The molecule has 0 radical (unpaired) electrons. The molecule has 32 heavy (non-hydrogen) atoms. The highest BCUT2D eigenvalue weighted by Gasteiger charge is 2.27. The summed E-state index contributed by atoms with van der Waals surface area (Å²) in [6.07, 6.45) is 4.34. The number of amides is 2. The van der Waals surface area contributed by atoms with Gasteiger partial charge in [0, 0.05) is 12.7 Å². The molecule has 1 unspecified atom stereocenters. The summed E-state index contributed by atoms with van der Waals surface area (Å²) in [4.78, 5) is 38.7. The number of carbonyl (C=O) groups excluding carboxylic acids is 3. The quantitative estimate of drug-likeness (QED) is 0.589. The van der Waals surface area contributed by atoms with Crippen molar-refractivity contribution < 1.29 is 23.5 Å². The second-order valence-corrected chi connectivity index (χ2v) is 7.70. The standard InChI is InChI=1S/C25H24N2O5/c1-27(21-9-4-7-17-6-2-3-8-20(17)21)23(28)16-32-25(30)18-11-13-19(14-12-18)26-24(29)22-10-5-15-31-22/h2-3,5-6,8,10-15,21H,4,7,9,16H2,1H3,(H,26,29). The van der Waals surface area contributed by atoms with Gasteiger partial charge < -0.3 is 19.4 Å². The Morgan fingerprint density at radius 3 is 2.59 bits per heavy atom. The Hall–Kier alpha value is -3.87. The van der Waals surface area contributed by atoms with Crippen LogP contribution < -0.4 is 5.32 Å². The number of nitrogens with zero attached hydrogens (tertiary/aromatic N) is 1. The molecule has 2 aromatic carbocycles. The maximum absolute atomic E-state index is 12.7. The number of fused-ring (bicyclic) bond motifs is 1. The summed E-state index contributed by atoms with van der Waals surface area (Å²) >= 11 is 0. The van der Waals surface area contributed by atoms with Crippen molar-refractivity contribution in [2.45, 2.75) is 25.3 Å². The first-order valence-corrected chi connectivity index (χ1v) is 10.5. The van der Waals surface area contributed by atoms with Gasteiger partial charge in [-0.1, -0.05) is 24.3 Å². The molecule has 2 amide bonds. The summed E-state index contributed by atoms with van der Waals surface area (Å²) in [6.45, 7) is -0.328. The fraction of sp³-hybridized carbons (Fsp3) is 0.240. The summed E-state index contributed by atoms with van der Waals surface area (Å²) in [7, 11) is 1.75. The molecule has 1 aliphatic carbocycles. The summed E-state index contributed by atoms with van der Waals surface area (Å²) in [5, 5.41) is 2.67. The molecule has 4 rings (SSSR count). The van der Waals surface area contributed by atoms with Crippen molar-refractivity contribution in [2.24, 2.45) is 0 Å². The van der Waals surface area contributed by atoms with Gasteiger partial charge in [-0.2, -0.15) is 0 Å².